The predicted molar refractivity (Wildman–Crippen MR) is 327 cm³/mol. The molecule has 2 aliphatic rings. The summed E-state index contributed by atoms with van der Waals surface area (Å²) in [4.78, 5) is 120. The van der Waals surface area contributed by atoms with Gasteiger partial charge >= 0.3 is 0 Å². The summed E-state index contributed by atoms with van der Waals surface area (Å²) in [6.45, 7) is 7.53. The number of β-amino-alcohol motifs (C(OH)–C–C–N with tert-alkyl or cyclic N) is 1. The van der Waals surface area contributed by atoms with Crippen molar-refractivity contribution in [2.45, 2.75) is 82.7 Å². The van der Waals surface area contributed by atoms with E-state index in [1.807, 2.05) is 43.5 Å². The molecule has 0 unspecified atom stereocenters. The molecule has 85 heavy (non-hydrogen) atoms. The summed E-state index contributed by atoms with van der Waals surface area (Å²) >= 11 is 7.09. The molecule has 436 valence electrons. The molecule has 9 heterocycles. The van der Waals surface area contributed by atoms with Crippen LogP contribution in [0.25, 0.3) is 43.4 Å². The molecule has 9 aromatic rings. The Labute approximate surface area is 510 Å². The first-order valence-electron chi connectivity index (χ1n) is 26.9. The fourth-order valence-corrected chi connectivity index (χ4v) is 15.1. The fraction of sp³-hybridized carbons (Fsp3) is 0.293. The number of hydrogen-bond donors (Lipinski definition) is 7. The highest BCUT2D eigenvalue weighted by atomic mass is 32.1. The van der Waals surface area contributed by atoms with E-state index in [2.05, 4.69) is 25.8 Å². The number of carbonyl (C=O) groups excluding carboxylic acids is 6. The number of rotatable bonds is 12. The summed E-state index contributed by atoms with van der Waals surface area (Å²) in [5.74, 6) is -5.38. The third-order valence-electron chi connectivity index (χ3n) is 14.7. The fourth-order valence-electron chi connectivity index (χ4n) is 9.80. The number of fused-ring (bicyclic) bond motifs is 14. The first kappa shape index (κ1) is 59.0. The molecular formula is C58H55N13O8S6. The standard InChI is InChI=1S/C58H55N13O8S6/c1-27-10-12-30(13-11-27)18-35-50(77)69-45(28(2)43(73)21-71-16-7-17-71)58-68-41(26-84-58)56-64-37(22-82-56)47-32(14-15-34(61-47)55-65-38(23-83-55)49(60)76)53-66-40(24-80-53)52(79)63-36(20-44(59)74)57-70-46(29(3)85-57)42(72)19-33(48(75)31-8-5-4-6-9-31)54-67-39(25-81-54)51(78)62-35/h4-6,8-15,22-26,28,33,35-36,43,45,48,73,75H,7,16-21H2,1-3H3,(H2,59,74)(H2,60,76)(H,62,78)(H,63,79)(H,69,77)/t28-,33-,35-,36-,43-,45-,48+/m0/s1. The van der Waals surface area contributed by atoms with E-state index in [1.54, 1.807) is 65.5 Å². The Kier molecular flexibility index (Phi) is 17.7. The van der Waals surface area contributed by atoms with Gasteiger partial charge in [-0.15, -0.1) is 68.0 Å². The van der Waals surface area contributed by atoms with Crippen LogP contribution in [0.5, 0.6) is 0 Å². The molecule has 1 fully saturated rings. The lowest BCUT2D eigenvalue weighted by molar-refractivity contribution is -0.124. The Morgan fingerprint density at radius 3 is 2.02 bits per heavy atom. The molecule has 2 aliphatic heterocycles. The maximum Gasteiger partial charge on any atom is 0.271 e. The molecule has 0 aliphatic carbocycles. The normalized spacial score (nSPS) is 19.0. The Morgan fingerprint density at radius 2 is 1.31 bits per heavy atom. The molecular weight excluding hydrogens is 1200 g/mol. The van der Waals surface area contributed by atoms with Crippen molar-refractivity contribution in [3.63, 3.8) is 0 Å². The third kappa shape index (κ3) is 13.2. The number of aromatic nitrogens is 7. The number of aryl methyl sites for hydroxylation is 2. The molecule has 11 rings (SSSR count). The number of nitrogens with one attached hydrogen (secondary N) is 3. The molecule has 0 radical (unpaired) electrons. The van der Waals surface area contributed by atoms with E-state index in [-0.39, 0.29) is 52.1 Å². The summed E-state index contributed by atoms with van der Waals surface area (Å²) < 4.78 is 0. The van der Waals surface area contributed by atoms with Crippen molar-refractivity contribution in [3.05, 3.63) is 153 Å². The van der Waals surface area contributed by atoms with Gasteiger partial charge in [-0.2, -0.15) is 0 Å². The number of thiazole rings is 6. The number of nitrogens with zero attached hydrogens (tertiary/aromatic N) is 8. The van der Waals surface area contributed by atoms with E-state index >= 15 is 4.79 Å². The molecule has 27 heteroatoms. The SMILES string of the molecule is Cc1ccc(C[C@@H]2NC(=O)c3csc(n3)[C@H]([C@H](O)c3ccccc3)CC(=O)c3nc(sc3C)[C@H](CC(N)=O)NC(=O)c3csc(n3)-c3ccc(-c4nc(C(N)=O)cs4)nc3-c3csc(n3)-c3csc(n3)[C@H]([C@@H](C)[C@@H](O)CN3CCC3)NC2=O)cc1. The van der Waals surface area contributed by atoms with E-state index in [4.69, 9.17) is 41.4 Å². The van der Waals surface area contributed by atoms with Crippen molar-refractivity contribution in [1.82, 2.24) is 55.7 Å². The topological polar surface area (TPSA) is 324 Å². The van der Waals surface area contributed by atoms with Crippen LogP contribution >= 0.6 is 68.0 Å². The number of carbonyl (C=O) groups is 6. The Balaban J connectivity index is 1.02. The molecule has 21 nitrogen and oxygen atoms in total. The van der Waals surface area contributed by atoms with Crippen LogP contribution in [0.1, 0.15) is 129 Å². The van der Waals surface area contributed by atoms with Crippen molar-refractivity contribution in [1.29, 1.82) is 0 Å². The van der Waals surface area contributed by atoms with E-state index in [0.717, 1.165) is 64.6 Å². The van der Waals surface area contributed by atoms with Gasteiger partial charge < -0.3 is 42.5 Å². The van der Waals surface area contributed by atoms with Crippen LogP contribution in [-0.4, -0.2) is 117 Å². The molecule has 5 amide bonds. The van der Waals surface area contributed by atoms with E-state index in [1.165, 1.54) is 39.4 Å². The zero-order chi connectivity index (χ0) is 59.6. The Bertz CT molecular complexity index is 3960. The summed E-state index contributed by atoms with van der Waals surface area (Å²) in [7, 11) is 0. The molecule has 1 saturated heterocycles. The smallest absolute Gasteiger partial charge is 0.271 e. The second kappa shape index (κ2) is 25.5. The molecule has 9 N–H and O–H groups in total. The van der Waals surface area contributed by atoms with Crippen molar-refractivity contribution in [3.8, 4) is 43.4 Å². The van der Waals surface area contributed by atoms with Crippen LogP contribution in [0, 0.1) is 19.8 Å². The molecule has 0 saturated carbocycles. The number of hydrogen-bond acceptors (Lipinski definition) is 22. The van der Waals surface area contributed by atoms with Gasteiger partial charge in [0.2, 0.25) is 11.8 Å². The molecule has 2 aromatic carbocycles. The zero-order valence-corrected chi connectivity index (χ0v) is 50.7. The van der Waals surface area contributed by atoms with Gasteiger partial charge in [-0.25, -0.2) is 34.9 Å². The van der Waals surface area contributed by atoms with Crippen molar-refractivity contribution < 1.29 is 39.0 Å². The highest BCUT2D eigenvalue weighted by molar-refractivity contribution is 7.15. The lowest BCUT2D eigenvalue weighted by Gasteiger charge is -2.36. The molecule has 7 aromatic heterocycles. The van der Waals surface area contributed by atoms with Gasteiger partial charge in [0, 0.05) is 68.6 Å². The van der Waals surface area contributed by atoms with Gasteiger partial charge in [0.25, 0.3) is 17.7 Å². The predicted octanol–water partition coefficient (Wildman–Crippen LogP) is 7.86. The Hall–Kier alpha value is -7.73. The summed E-state index contributed by atoms with van der Waals surface area (Å²) in [6.07, 6.45) is -1.77. The third-order valence-corrected chi connectivity index (χ3v) is 20.3. The van der Waals surface area contributed by atoms with Crippen LogP contribution < -0.4 is 27.4 Å². The number of Topliss-reactive ketones (excluding diaryl/α,β-unsaturated/α-hetero) is 1. The van der Waals surface area contributed by atoms with Crippen LogP contribution in [0.3, 0.4) is 0 Å². The number of aliphatic hydroxyl groups is 2. The van der Waals surface area contributed by atoms with Crippen molar-refractivity contribution in [2.24, 2.45) is 17.4 Å². The van der Waals surface area contributed by atoms with Crippen LogP contribution in [0.4, 0.5) is 0 Å². The van der Waals surface area contributed by atoms with Crippen LogP contribution in [-0.2, 0) is 16.0 Å². The number of nitrogens with two attached hydrogens (primary N) is 2. The number of primary amides is 2. The second-order valence-electron chi connectivity index (χ2n) is 20.7. The quantitative estimate of drug-likeness (QED) is 0.0612. The van der Waals surface area contributed by atoms with Crippen LogP contribution in [0.15, 0.2) is 93.6 Å². The van der Waals surface area contributed by atoms with Crippen molar-refractivity contribution in [2.75, 3.05) is 19.6 Å². The molecule has 10 bridgehead atoms. The van der Waals surface area contributed by atoms with E-state index in [0.29, 0.717) is 65.4 Å². The monoisotopic (exact) mass is 1250 g/mol. The van der Waals surface area contributed by atoms with Crippen LogP contribution in [0.2, 0.25) is 0 Å². The van der Waals surface area contributed by atoms with E-state index < -0.39 is 77.5 Å². The number of amides is 5. The summed E-state index contributed by atoms with van der Waals surface area (Å²) in [5, 5.41) is 43.4. The number of aliphatic hydroxyl groups excluding tert-OH is 2. The number of pyridine rings is 1. The number of benzene rings is 2. The minimum absolute atomic E-state index is 0.000368. The molecule has 7 atom stereocenters. The number of likely N-dealkylation sites (tertiary alicyclic amines) is 1. The van der Waals surface area contributed by atoms with E-state index in [9.17, 15) is 34.2 Å². The average Bonchev–Trinajstić information content (AvgIpc) is 3.08. The highest BCUT2D eigenvalue weighted by Gasteiger charge is 2.37. The second-order valence-corrected chi connectivity index (χ2v) is 26.3. The summed E-state index contributed by atoms with van der Waals surface area (Å²) in [5.41, 5.74) is 15.8. The lowest BCUT2D eigenvalue weighted by Crippen LogP contribution is -2.51. The van der Waals surface area contributed by atoms with Gasteiger partial charge in [-0.1, -0.05) is 67.1 Å². The first-order chi connectivity index (χ1) is 40.9. The Morgan fingerprint density at radius 1 is 0.659 bits per heavy atom. The van der Waals surface area contributed by atoms with Gasteiger partial charge in [0.05, 0.1) is 41.4 Å². The van der Waals surface area contributed by atoms with Gasteiger partial charge in [0.15, 0.2) is 5.78 Å². The maximum atomic E-state index is 15.1. The lowest BCUT2D eigenvalue weighted by atomic mass is 9.90. The molecule has 0 spiro atoms. The summed E-state index contributed by atoms with van der Waals surface area (Å²) in [6, 6.07) is 16.7. The minimum atomic E-state index is -1.28. The largest absolute Gasteiger partial charge is 0.391 e. The van der Waals surface area contributed by atoms with Gasteiger partial charge in [-0.05, 0) is 56.6 Å². The number of ketones is 1. The minimum Gasteiger partial charge on any atom is -0.391 e. The van der Waals surface area contributed by atoms with Crippen molar-refractivity contribution >= 4 is 103 Å². The average molecular weight is 1250 g/mol. The maximum absolute atomic E-state index is 15.1. The van der Waals surface area contributed by atoms with Gasteiger partial charge in [-0.3, -0.25) is 28.8 Å². The zero-order valence-electron chi connectivity index (χ0n) is 45.8. The van der Waals surface area contributed by atoms with Gasteiger partial charge in [0.1, 0.15) is 70.9 Å². The highest BCUT2D eigenvalue weighted by Crippen LogP contribution is 2.41. The first-order valence-corrected chi connectivity index (χ1v) is 32.1.